The van der Waals surface area contributed by atoms with Crippen molar-refractivity contribution in [1.82, 2.24) is 0 Å². The summed E-state index contributed by atoms with van der Waals surface area (Å²) in [5.41, 5.74) is 0.00406. The first kappa shape index (κ1) is 14.6. The smallest absolute Gasteiger partial charge is 0.271 e. The molecule has 5 aliphatic rings. The molecule has 0 spiro atoms. The highest BCUT2D eigenvalue weighted by Gasteiger charge is 2.67. The van der Waals surface area contributed by atoms with E-state index in [0.29, 0.717) is 11.8 Å². The Kier molecular flexibility index (Phi) is 2.74. The fraction of sp³-hybridized carbons (Fsp3) is 0.444. The molecule has 2 saturated carbocycles. The maximum atomic E-state index is 13.1. The molecule has 1 aliphatic heterocycles. The van der Waals surface area contributed by atoms with E-state index in [-0.39, 0.29) is 52.6 Å². The lowest BCUT2D eigenvalue weighted by Crippen LogP contribution is -2.40. The number of nitro benzene ring substituents is 1. The predicted octanol–water partition coefficient (Wildman–Crippen LogP) is 2.16. The van der Waals surface area contributed by atoms with E-state index in [9.17, 15) is 19.7 Å². The fourth-order valence-corrected chi connectivity index (χ4v) is 5.16. The zero-order valence-corrected chi connectivity index (χ0v) is 13.5. The van der Waals surface area contributed by atoms with Crippen LogP contribution in [0.15, 0.2) is 30.4 Å². The van der Waals surface area contributed by atoms with Crippen LogP contribution in [0.25, 0.3) is 0 Å². The van der Waals surface area contributed by atoms with Gasteiger partial charge < -0.3 is 4.74 Å². The summed E-state index contributed by atoms with van der Waals surface area (Å²) < 4.78 is 5.26. The van der Waals surface area contributed by atoms with E-state index in [0.717, 1.165) is 11.3 Å². The number of non-ortho nitro benzene ring substituents is 1. The monoisotopic (exact) mass is 340 g/mol. The van der Waals surface area contributed by atoms with Gasteiger partial charge in [-0.3, -0.25) is 19.7 Å². The predicted molar refractivity (Wildman–Crippen MR) is 86.8 cm³/mol. The average Bonchev–Trinajstić information content (AvgIpc) is 3.39. The van der Waals surface area contributed by atoms with Crippen LogP contribution in [-0.4, -0.2) is 23.8 Å². The second-order valence-corrected chi connectivity index (χ2v) is 7.28. The molecule has 128 valence electrons. The summed E-state index contributed by atoms with van der Waals surface area (Å²) in [6, 6.07) is 3.99. The zero-order valence-electron chi connectivity index (χ0n) is 13.5. The summed E-state index contributed by atoms with van der Waals surface area (Å²) in [4.78, 5) is 37.9. The molecule has 6 atom stereocenters. The van der Waals surface area contributed by atoms with Gasteiger partial charge in [-0.2, -0.15) is 0 Å². The number of rotatable bonds is 3. The van der Waals surface area contributed by atoms with Crippen molar-refractivity contribution < 1.29 is 19.2 Å². The van der Waals surface area contributed by atoms with E-state index >= 15 is 0 Å². The van der Waals surface area contributed by atoms with E-state index in [1.54, 1.807) is 0 Å². The lowest BCUT2D eigenvalue weighted by Gasteiger charge is -2.37. The molecule has 0 radical (unpaired) electrons. The number of hydrogen-bond donors (Lipinski definition) is 0. The molecule has 0 N–H and O–H groups in total. The van der Waals surface area contributed by atoms with E-state index in [4.69, 9.17) is 4.74 Å². The summed E-state index contributed by atoms with van der Waals surface area (Å²) in [7, 11) is 1.42. The van der Waals surface area contributed by atoms with Gasteiger partial charge in [0, 0.05) is 12.1 Å². The van der Waals surface area contributed by atoms with Crippen molar-refractivity contribution in [2.75, 3.05) is 12.0 Å². The molecule has 4 aliphatic carbocycles. The van der Waals surface area contributed by atoms with E-state index in [2.05, 4.69) is 12.2 Å². The minimum atomic E-state index is -0.540. The number of imide groups is 1. The van der Waals surface area contributed by atoms with Crippen molar-refractivity contribution in [2.24, 2.45) is 35.5 Å². The molecule has 3 fully saturated rings. The molecule has 0 aromatic heterocycles. The molecule has 1 heterocycles. The number of hydrogen-bond acceptors (Lipinski definition) is 5. The Bertz CT molecular complexity index is 827. The van der Waals surface area contributed by atoms with E-state index in [1.807, 2.05) is 0 Å². The largest absolute Gasteiger partial charge is 0.495 e. The summed E-state index contributed by atoms with van der Waals surface area (Å²) in [6.45, 7) is 0. The summed E-state index contributed by atoms with van der Waals surface area (Å²) >= 11 is 0. The van der Waals surface area contributed by atoms with Crippen LogP contribution in [0.1, 0.15) is 6.42 Å². The highest BCUT2D eigenvalue weighted by Crippen LogP contribution is 2.65. The van der Waals surface area contributed by atoms with Crippen molar-refractivity contribution >= 4 is 23.2 Å². The van der Waals surface area contributed by atoms with Crippen molar-refractivity contribution in [3.63, 3.8) is 0 Å². The van der Waals surface area contributed by atoms with Gasteiger partial charge in [-0.1, -0.05) is 12.2 Å². The Hall–Kier alpha value is -2.70. The quantitative estimate of drug-likeness (QED) is 0.364. The number of carbonyl (C=O) groups is 2. The molecule has 7 nitrogen and oxygen atoms in total. The Balaban J connectivity index is 1.60. The van der Waals surface area contributed by atoms with Gasteiger partial charge in [0.2, 0.25) is 11.8 Å². The van der Waals surface area contributed by atoms with E-state index in [1.165, 1.54) is 25.3 Å². The number of anilines is 1. The van der Waals surface area contributed by atoms with Gasteiger partial charge in [-0.05, 0) is 36.2 Å². The Labute approximate surface area is 143 Å². The van der Waals surface area contributed by atoms with Crippen LogP contribution in [0.3, 0.4) is 0 Å². The SMILES string of the molecule is COc1ccc([N+](=O)[O-])cc1N1C(=O)[C@@H]2[C@H]3C=C[C@H]([C@H]4C[C@H]34)[C@@H]2C1=O. The molecule has 1 aromatic rings. The first-order chi connectivity index (χ1) is 12.0. The topological polar surface area (TPSA) is 89.8 Å². The Morgan fingerprint density at radius 2 is 1.72 bits per heavy atom. The van der Waals surface area contributed by atoms with Gasteiger partial charge in [-0.15, -0.1) is 0 Å². The molecule has 0 unspecified atom stereocenters. The third kappa shape index (κ3) is 1.75. The van der Waals surface area contributed by atoms with Crippen molar-refractivity contribution in [3.05, 3.63) is 40.5 Å². The lowest BCUT2D eigenvalue weighted by atomic mass is 9.63. The van der Waals surface area contributed by atoms with Gasteiger partial charge in [0.1, 0.15) is 11.4 Å². The van der Waals surface area contributed by atoms with Gasteiger partial charge in [0.25, 0.3) is 5.69 Å². The standard InChI is InChI=1S/C18H16N2O5/c1-25-14-5-2-8(20(23)24)6-13(14)19-17(21)15-9-3-4-10(12-7-11(9)12)16(15)18(19)22/h2-6,9-12,15-16H,7H2,1H3/t9-,10+,11-,12-,15+,16-/m1/s1. The number of methoxy groups -OCH3 is 1. The lowest BCUT2D eigenvalue weighted by molar-refractivity contribution is -0.384. The molecule has 1 aromatic carbocycles. The van der Waals surface area contributed by atoms with Crippen LogP contribution in [0.2, 0.25) is 0 Å². The first-order valence-corrected chi connectivity index (χ1v) is 8.41. The molecule has 2 bridgehead atoms. The van der Waals surface area contributed by atoms with Crippen molar-refractivity contribution in [1.29, 1.82) is 0 Å². The highest BCUT2D eigenvalue weighted by molar-refractivity contribution is 6.23. The Morgan fingerprint density at radius 1 is 1.12 bits per heavy atom. The first-order valence-electron chi connectivity index (χ1n) is 8.41. The molecule has 2 amide bonds. The average molecular weight is 340 g/mol. The molecule has 25 heavy (non-hydrogen) atoms. The zero-order chi connectivity index (χ0) is 17.5. The fourth-order valence-electron chi connectivity index (χ4n) is 5.16. The third-order valence-electron chi connectivity index (χ3n) is 6.28. The minimum absolute atomic E-state index is 0.117. The maximum Gasteiger partial charge on any atom is 0.271 e. The summed E-state index contributed by atoms with van der Waals surface area (Å²) in [6.07, 6.45) is 5.29. The number of allylic oxidation sites excluding steroid dienone is 2. The number of amides is 2. The third-order valence-corrected chi connectivity index (χ3v) is 6.28. The minimum Gasteiger partial charge on any atom is -0.495 e. The maximum absolute atomic E-state index is 13.1. The van der Waals surface area contributed by atoms with Crippen LogP contribution in [0.5, 0.6) is 5.75 Å². The normalized spacial score (nSPS) is 37.1. The molecular formula is C18H16N2O5. The second kappa shape index (κ2) is 4.68. The number of nitrogens with zero attached hydrogens (tertiary/aromatic N) is 2. The molecule has 7 heteroatoms. The number of ether oxygens (including phenoxy) is 1. The van der Waals surface area contributed by atoms with Crippen molar-refractivity contribution in [2.45, 2.75) is 6.42 Å². The highest BCUT2D eigenvalue weighted by atomic mass is 16.6. The van der Waals surface area contributed by atoms with Crippen LogP contribution < -0.4 is 9.64 Å². The van der Waals surface area contributed by atoms with Crippen LogP contribution in [-0.2, 0) is 9.59 Å². The second-order valence-electron chi connectivity index (χ2n) is 7.28. The van der Waals surface area contributed by atoms with Gasteiger partial charge in [0.05, 0.1) is 23.9 Å². The van der Waals surface area contributed by atoms with Crippen molar-refractivity contribution in [3.8, 4) is 5.75 Å². The van der Waals surface area contributed by atoms with Gasteiger partial charge in [-0.25, -0.2) is 4.90 Å². The van der Waals surface area contributed by atoms with Crippen LogP contribution >= 0.6 is 0 Å². The number of carbonyl (C=O) groups excluding carboxylic acids is 2. The molecule has 6 rings (SSSR count). The summed E-state index contributed by atoms with van der Waals surface area (Å²) in [5, 5.41) is 11.1. The molecular weight excluding hydrogens is 324 g/mol. The summed E-state index contributed by atoms with van der Waals surface area (Å²) in [5.74, 6) is 0.371. The van der Waals surface area contributed by atoms with Gasteiger partial charge >= 0.3 is 0 Å². The van der Waals surface area contributed by atoms with Crippen LogP contribution in [0, 0.1) is 45.6 Å². The Morgan fingerprint density at radius 3 is 2.24 bits per heavy atom. The van der Waals surface area contributed by atoms with Gasteiger partial charge in [0.15, 0.2) is 0 Å². The van der Waals surface area contributed by atoms with E-state index < -0.39 is 4.92 Å². The number of nitro groups is 1. The van der Waals surface area contributed by atoms with Crippen LogP contribution in [0.4, 0.5) is 11.4 Å². The number of benzene rings is 1. The molecule has 1 saturated heterocycles.